The molecule has 0 aliphatic rings. The molecule has 0 N–H and O–H groups in total. The smallest absolute Gasteiger partial charge is 0.390 e. The van der Waals surface area contributed by atoms with Crippen molar-refractivity contribution >= 4 is 5.97 Å². The molecule has 0 aliphatic heterocycles. The minimum atomic E-state index is -0.559. The van der Waals surface area contributed by atoms with Gasteiger partial charge in [-0.2, -0.15) is 0 Å². The third-order valence-electron chi connectivity index (χ3n) is 4.61. The van der Waals surface area contributed by atoms with Gasteiger partial charge in [-0.15, -0.1) is 0 Å². The van der Waals surface area contributed by atoms with Gasteiger partial charge in [0.2, 0.25) is 0 Å². The van der Waals surface area contributed by atoms with Crippen LogP contribution in [-0.2, 0) is 4.79 Å². The first-order chi connectivity index (χ1) is 14.0. The van der Waals surface area contributed by atoms with Gasteiger partial charge in [0.05, 0.1) is 7.11 Å². The summed E-state index contributed by atoms with van der Waals surface area (Å²) in [5.41, 5.74) is 4.95. The standard InChI is InChI=1S/C26H24O3/c1-18(2)24-15-5-19(3)17-25(24)29-26(27)16-8-20-6-9-21(10-7-20)22-11-13-23(28-4)14-12-22/h5-7,9-15,17-18H,1-4H3. The zero-order chi connectivity index (χ0) is 20.8. The molecule has 3 aromatic rings. The molecule has 0 aromatic heterocycles. The number of carbonyl (C=O) groups is 1. The maximum atomic E-state index is 12.2. The second-order valence-electron chi connectivity index (χ2n) is 7.14. The van der Waals surface area contributed by atoms with E-state index < -0.39 is 5.97 Å². The Kier molecular flexibility index (Phi) is 6.36. The Morgan fingerprint density at radius 3 is 2.10 bits per heavy atom. The monoisotopic (exact) mass is 384 g/mol. The maximum absolute atomic E-state index is 12.2. The number of ether oxygens (including phenoxy) is 2. The molecule has 0 heterocycles. The molecule has 0 saturated carbocycles. The number of esters is 1. The normalized spacial score (nSPS) is 10.2. The molecule has 3 nitrogen and oxygen atoms in total. The zero-order valence-electron chi connectivity index (χ0n) is 17.2. The molecule has 0 unspecified atom stereocenters. The molecule has 0 fully saturated rings. The second kappa shape index (κ2) is 9.12. The fourth-order valence-corrected chi connectivity index (χ4v) is 2.99. The van der Waals surface area contributed by atoms with Crippen LogP contribution in [0.1, 0.15) is 36.5 Å². The highest BCUT2D eigenvalue weighted by atomic mass is 16.5. The summed E-state index contributed by atoms with van der Waals surface area (Å²) >= 11 is 0. The summed E-state index contributed by atoms with van der Waals surface area (Å²) in [6, 6.07) is 21.5. The summed E-state index contributed by atoms with van der Waals surface area (Å²) < 4.78 is 10.7. The van der Waals surface area contributed by atoms with E-state index in [1.165, 1.54) is 0 Å². The molecule has 0 spiro atoms. The lowest BCUT2D eigenvalue weighted by Crippen LogP contribution is -2.07. The van der Waals surface area contributed by atoms with Gasteiger partial charge in [-0.25, -0.2) is 4.79 Å². The van der Waals surface area contributed by atoms with Crippen molar-refractivity contribution in [2.24, 2.45) is 0 Å². The van der Waals surface area contributed by atoms with E-state index in [1.807, 2.05) is 73.7 Å². The van der Waals surface area contributed by atoms with Crippen LogP contribution in [0.5, 0.6) is 11.5 Å². The summed E-state index contributed by atoms with van der Waals surface area (Å²) in [7, 11) is 1.65. The van der Waals surface area contributed by atoms with Crippen LogP contribution in [0.2, 0.25) is 0 Å². The van der Waals surface area contributed by atoms with Gasteiger partial charge in [0.1, 0.15) is 11.5 Å². The lowest BCUT2D eigenvalue weighted by Gasteiger charge is -2.12. The zero-order valence-corrected chi connectivity index (χ0v) is 17.2. The fraction of sp³-hybridized carbons (Fsp3) is 0.192. The maximum Gasteiger partial charge on any atom is 0.390 e. The third kappa shape index (κ3) is 5.27. The van der Waals surface area contributed by atoms with E-state index in [0.717, 1.165) is 33.6 Å². The summed E-state index contributed by atoms with van der Waals surface area (Å²) in [5.74, 6) is 6.56. The van der Waals surface area contributed by atoms with Crippen molar-refractivity contribution < 1.29 is 14.3 Å². The Hall–Kier alpha value is -3.51. The van der Waals surface area contributed by atoms with Crippen LogP contribution in [0, 0.1) is 18.8 Å². The fourth-order valence-electron chi connectivity index (χ4n) is 2.99. The molecule has 0 aliphatic carbocycles. The summed E-state index contributed by atoms with van der Waals surface area (Å²) in [5, 5.41) is 0. The number of hydrogen-bond donors (Lipinski definition) is 0. The van der Waals surface area contributed by atoms with Gasteiger partial charge in [-0.1, -0.05) is 56.2 Å². The summed E-state index contributed by atoms with van der Waals surface area (Å²) in [4.78, 5) is 12.2. The van der Waals surface area contributed by atoms with E-state index in [1.54, 1.807) is 7.11 Å². The van der Waals surface area contributed by atoms with Gasteiger partial charge in [0.15, 0.2) is 0 Å². The number of benzene rings is 3. The molecule has 0 saturated heterocycles. The van der Waals surface area contributed by atoms with Crippen molar-refractivity contribution in [1.29, 1.82) is 0 Å². The quantitative estimate of drug-likeness (QED) is 0.326. The predicted molar refractivity (Wildman–Crippen MR) is 116 cm³/mol. The lowest BCUT2D eigenvalue weighted by atomic mass is 10.0. The molecule has 0 atom stereocenters. The van der Waals surface area contributed by atoms with Gasteiger partial charge in [0, 0.05) is 11.5 Å². The molecular weight excluding hydrogens is 360 g/mol. The van der Waals surface area contributed by atoms with Gasteiger partial charge in [0.25, 0.3) is 0 Å². The Morgan fingerprint density at radius 2 is 1.52 bits per heavy atom. The number of methoxy groups -OCH3 is 1. The van der Waals surface area contributed by atoms with Crippen LogP contribution in [0.3, 0.4) is 0 Å². The predicted octanol–water partition coefficient (Wildman–Crippen LogP) is 5.75. The van der Waals surface area contributed by atoms with Crippen molar-refractivity contribution in [1.82, 2.24) is 0 Å². The summed E-state index contributed by atoms with van der Waals surface area (Å²) in [6.07, 6.45) is 0. The van der Waals surface area contributed by atoms with E-state index in [4.69, 9.17) is 9.47 Å². The van der Waals surface area contributed by atoms with Crippen LogP contribution in [-0.4, -0.2) is 13.1 Å². The number of hydrogen-bond acceptors (Lipinski definition) is 3. The van der Waals surface area contributed by atoms with Crippen molar-refractivity contribution in [2.45, 2.75) is 26.7 Å². The van der Waals surface area contributed by atoms with Crippen molar-refractivity contribution in [3.05, 3.63) is 83.4 Å². The highest BCUT2D eigenvalue weighted by molar-refractivity contribution is 5.91. The van der Waals surface area contributed by atoms with E-state index >= 15 is 0 Å². The first-order valence-electron chi connectivity index (χ1n) is 9.55. The molecule has 146 valence electrons. The Morgan fingerprint density at radius 1 is 0.897 bits per heavy atom. The first-order valence-corrected chi connectivity index (χ1v) is 9.55. The highest BCUT2D eigenvalue weighted by Crippen LogP contribution is 2.27. The third-order valence-corrected chi connectivity index (χ3v) is 4.61. The van der Waals surface area contributed by atoms with E-state index in [0.29, 0.717) is 5.75 Å². The Labute approximate surface area is 172 Å². The SMILES string of the molecule is COc1ccc(-c2ccc(C#CC(=O)Oc3cc(C)ccc3C(C)C)cc2)cc1. The molecule has 0 amide bonds. The van der Waals surface area contributed by atoms with E-state index in [9.17, 15) is 4.79 Å². The topological polar surface area (TPSA) is 35.5 Å². The van der Waals surface area contributed by atoms with Crippen molar-refractivity contribution in [3.8, 4) is 34.5 Å². The molecule has 3 heteroatoms. The molecule has 29 heavy (non-hydrogen) atoms. The van der Waals surface area contributed by atoms with Crippen LogP contribution in [0.4, 0.5) is 0 Å². The van der Waals surface area contributed by atoms with E-state index in [-0.39, 0.29) is 5.92 Å². The van der Waals surface area contributed by atoms with Crippen LogP contribution >= 0.6 is 0 Å². The highest BCUT2D eigenvalue weighted by Gasteiger charge is 2.11. The molecule has 0 radical (unpaired) electrons. The van der Waals surface area contributed by atoms with Gasteiger partial charge in [-0.3, -0.25) is 0 Å². The van der Waals surface area contributed by atoms with Gasteiger partial charge >= 0.3 is 5.97 Å². The van der Waals surface area contributed by atoms with Crippen LogP contribution in [0.25, 0.3) is 11.1 Å². The van der Waals surface area contributed by atoms with E-state index in [2.05, 4.69) is 25.7 Å². The Bertz CT molecular complexity index is 1050. The van der Waals surface area contributed by atoms with Crippen LogP contribution in [0.15, 0.2) is 66.7 Å². The van der Waals surface area contributed by atoms with Crippen molar-refractivity contribution in [2.75, 3.05) is 7.11 Å². The molecule has 3 aromatic carbocycles. The van der Waals surface area contributed by atoms with Gasteiger partial charge in [-0.05, 0) is 65.4 Å². The van der Waals surface area contributed by atoms with Crippen LogP contribution < -0.4 is 9.47 Å². The number of carbonyl (C=O) groups excluding carboxylic acids is 1. The molecular formula is C26H24O3. The molecule has 3 rings (SSSR count). The second-order valence-corrected chi connectivity index (χ2v) is 7.14. The van der Waals surface area contributed by atoms with Crippen molar-refractivity contribution in [3.63, 3.8) is 0 Å². The average Bonchev–Trinajstić information content (AvgIpc) is 2.72. The lowest BCUT2D eigenvalue weighted by molar-refractivity contribution is -0.128. The largest absolute Gasteiger partial charge is 0.497 e. The summed E-state index contributed by atoms with van der Waals surface area (Å²) in [6.45, 7) is 6.10. The minimum absolute atomic E-state index is 0.261. The molecule has 0 bridgehead atoms. The number of rotatable bonds is 4. The van der Waals surface area contributed by atoms with Gasteiger partial charge < -0.3 is 9.47 Å². The first kappa shape index (κ1) is 20.2. The minimum Gasteiger partial charge on any atom is -0.497 e. The Balaban J connectivity index is 1.71. The average molecular weight is 384 g/mol. The number of aryl methyl sites for hydroxylation is 1.